The van der Waals surface area contributed by atoms with Crippen molar-refractivity contribution in [2.45, 2.75) is 45.0 Å². The summed E-state index contributed by atoms with van der Waals surface area (Å²) in [6, 6.07) is 6.96. The minimum Gasteiger partial charge on any atom is -0.506 e. The van der Waals surface area contributed by atoms with Crippen LogP contribution in [-0.4, -0.2) is 40.3 Å². The zero-order valence-corrected chi connectivity index (χ0v) is 22.2. The molecule has 0 radical (unpaired) electrons. The zero-order chi connectivity index (χ0) is 28.0. The van der Waals surface area contributed by atoms with Crippen LogP contribution in [-0.2, 0) is 22.1 Å². The molecule has 0 bridgehead atoms. The van der Waals surface area contributed by atoms with Gasteiger partial charge in [-0.3, -0.25) is 19.0 Å². The van der Waals surface area contributed by atoms with E-state index in [1.54, 1.807) is 26.8 Å². The molecule has 202 valence electrons. The first kappa shape index (κ1) is 27.5. The van der Waals surface area contributed by atoms with E-state index in [4.69, 9.17) is 9.47 Å². The molecule has 1 atom stereocenters. The van der Waals surface area contributed by atoms with E-state index in [0.29, 0.717) is 10.0 Å². The molecule has 1 unspecified atom stereocenters. The van der Waals surface area contributed by atoms with Crippen LogP contribution < -0.4 is 15.6 Å². The van der Waals surface area contributed by atoms with Gasteiger partial charge in [0.1, 0.15) is 35.8 Å². The normalized spacial score (nSPS) is 15.2. The molecule has 0 fully saturated rings. The Labute approximate surface area is 223 Å². The lowest BCUT2D eigenvalue weighted by Crippen LogP contribution is -2.40. The Balaban J connectivity index is 1.74. The Hall–Kier alpha value is -3.54. The first-order valence-corrected chi connectivity index (χ1v) is 12.3. The second-order valence-corrected chi connectivity index (χ2v) is 10.7. The molecule has 0 aliphatic carbocycles. The summed E-state index contributed by atoms with van der Waals surface area (Å²) in [5.41, 5.74) is -2.25. The molecule has 0 spiro atoms. The number of nitrogens with one attached hydrogen (secondary N) is 1. The summed E-state index contributed by atoms with van der Waals surface area (Å²) in [4.78, 5) is 38.7. The van der Waals surface area contributed by atoms with Crippen molar-refractivity contribution in [1.29, 1.82) is 0 Å². The standard InChI is InChI=1S/C26H24BrF3N2O6/c1-25(2,3)38-19(33)11-31-23(35)20-22(34)17-9-15(27)10-18-21(17)32(24(20)36)16(12-37-18)8-13-4-6-14(7-5-13)26(28,29)30/h4-7,9-10,16,34H,8,11-12H2,1-3H3,(H,31,35). The summed E-state index contributed by atoms with van der Waals surface area (Å²) in [6.07, 6.45) is -4.37. The number of aromatic hydroxyl groups is 1. The minimum absolute atomic E-state index is 0.0107. The summed E-state index contributed by atoms with van der Waals surface area (Å²) >= 11 is 3.32. The second-order valence-electron chi connectivity index (χ2n) is 9.83. The Morgan fingerprint density at radius 2 is 1.84 bits per heavy atom. The molecule has 12 heteroatoms. The van der Waals surface area contributed by atoms with Gasteiger partial charge in [-0.05, 0) is 57.0 Å². The van der Waals surface area contributed by atoms with Gasteiger partial charge in [-0.15, -0.1) is 0 Å². The first-order chi connectivity index (χ1) is 17.7. The third kappa shape index (κ3) is 5.64. The van der Waals surface area contributed by atoms with Crippen LogP contribution in [0.5, 0.6) is 11.5 Å². The molecule has 1 aliphatic rings. The molecule has 4 rings (SSSR count). The molecule has 8 nitrogen and oxygen atoms in total. The van der Waals surface area contributed by atoms with Gasteiger partial charge < -0.3 is 19.9 Å². The summed E-state index contributed by atoms with van der Waals surface area (Å²) < 4.78 is 51.7. The maximum atomic E-state index is 13.6. The van der Waals surface area contributed by atoms with E-state index in [0.717, 1.165) is 12.1 Å². The second kappa shape index (κ2) is 9.97. The van der Waals surface area contributed by atoms with Crippen LogP contribution in [0, 0.1) is 0 Å². The predicted molar refractivity (Wildman–Crippen MR) is 135 cm³/mol. The maximum Gasteiger partial charge on any atom is 0.416 e. The fourth-order valence-corrected chi connectivity index (χ4v) is 4.69. The van der Waals surface area contributed by atoms with Crippen LogP contribution in [0.4, 0.5) is 13.2 Å². The van der Waals surface area contributed by atoms with E-state index in [-0.39, 0.29) is 29.7 Å². The number of hydrogen-bond acceptors (Lipinski definition) is 6. The zero-order valence-electron chi connectivity index (χ0n) is 20.6. The van der Waals surface area contributed by atoms with Crippen molar-refractivity contribution in [2.75, 3.05) is 13.2 Å². The highest BCUT2D eigenvalue weighted by Gasteiger charge is 2.33. The minimum atomic E-state index is -4.49. The fraction of sp³-hybridized carbons (Fsp3) is 0.346. The molecule has 2 heterocycles. The number of hydrogen-bond donors (Lipinski definition) is 2. The number of nitrogens with zero attached hydrogens (tertiary/aromatic N) is 1. The number of esters is 1. The molecule has 1 amide bonds. The van der Waals surface area contributed by atoms with Gasteiger partial charge >= 0.3 is 12.1 Å². The van der Waals surface area contributed by atoms with Gasteiger partial charge in [0.15, 0.2) is 0 Å². The Morgan fingerprint density at radius 1 is 1.18 bits per heavy atom. The van der Waals surface area contributed by atoms with Gasteiger partial charge in [0.25, 0.3) is 11.5 Å². The summed E-state index contributed by atoms with van der Waals surface area (Å²) in [6.45, 7) is 4.44. The van der Waals surface area contributed by atoms with E-state index in [2.05, 4.69) is 21.2 Å². The van der Waals surface area contributed by atoms with E-state index in [9.17, 15) is 32.7 Å². The average Bonchev–Trinajstić information content (AvgIpc) is 2.80. The van der Waals surface area contributed by atoms with Gasteiger partial charge in [0.05, 0.1) is 17.1 Å². The molecule has 3 aromatic rings. The molecule has 0 saturated carbocycles. The number of benzene rings is 2. The third-order valence-corrected chi connectivity index (χ3v) is 6.25. The lowest BCUT2D eigenvalue weighted by molar-refractivity contribution is -0.153. The van der Waals surface area contributed by atoms with Crippen LogP contribution in [0.3, 0.4) is 0 Å². The van der Waals surface area contributed by atoms with Gasteiger partial charge in [0.2, 0.25) is 0 Å². The quantitative estimate of drug-likeness (QED) is 0.412. The molecule has 1 aromatic heterocycles. The van der Waals surface area contributed by atoms with Gasteiger partial charge in [-0.2, -0.15) is 13.2 Å². The number of pyridine rings is 1. The van der Waals surface area contributed by atoms with Crippen LogP contribution in [0.2, 0.25) is 0 Å². The number of ether oxygens (including phenoxy) is 2. The van der Waals surface area contributed by atoms with E-state index >= 15 is 0 Å². The van der Waals surface area contributed by atoms with Crippen LogP contribution >= 0.6 is 15.9 Å². The van der Waals surface area contributed by atoms with Gasteiger partial charge in [-0.1, -0.05) is 28.1 Å². The Kier molecular flexibility index (Phi) is 7.21. The Bertz CT molecular complexity index is 1480. The van der Waals surface area contributed by atoms with Crippen LogP contribution in [0.1, 0.15) is 48.3 Å². The Morgan fingerprint density at radius 3 is 2.45 bits per heavy atom. The summed E-state index contributed by atoms with van der Waals surface area (Å²) in [5, 5.41) is 13.4. The largest absolute Gasteiger partial charge is 0.506 e. The smallest absolute Gasteiger partial charge is 0.416 e. The van der Waals surface area contributed by atoms with Crippen molar-refractivity contribution in [1.82, 2.24) is 9.88 Å². The van der Waals surface area contributed by atoms with Crippen molar-refractivity contribution in [3.05, 3.63) is 67.9 Å². The van der Waals surface area contributed by atoms with Gasteiger partial charge in [0, 0.05) is 9.86 Å². The van der Waals surface area contributed by atoms with Crippen molar-refractivity contribution in [3.8, 4) is 11.5 Å². The van der Waals surface area contributed by atoms with Crippen molar-refractivity contribution in [3.63, 3.8) is 0 Å². The van der Waals surface area contributed by atoms with Crippen molar-refractivity contribution < 1.29 is 37.3 Å². The number of amides is 1. The number of rotatable bonds is 5. The highest BCUT2D eigenvalue weighted by molar-refractivity contribution is 9.10. The molecule has 2 N–H and O–H groups in total. The highest BCUT2D eigenvalue weighted by atomic mass is 79.9. The monoisotopic (exact) mass is 596 g/mol. The molecule has 0 saturated heterocycles. The number of halogens is 4. The maximum absolute atomic E-state index is 13.6. The van der Waals surface area contributed by atoms with Crippen LogP contribution in [0.15, 0.2) is 45.7 Å². The number of carbonyl (C=O) groups is 2. The number of alkyl halides is 3. The molecule has 1 aliphatic heterocycles. The van der Waals surface area contributed by atoms with Crippen LogP contribution in [0.25, 0.3) is 10.9 Å². The topological polar surface area (TPSA) is 107 Å². The van der Waals surface area contributed by atoms with E-state index in [1.165, 1.54) is 22.8 Å². The molecular formula is C26H24BrF3N2O6. The number of carbonyl (C=O) groups excluding carboxylic acids is 2. The summed E-state index contributed by atoms with van der Waals surface area (Å²) in [7, 11) is 0. The predicted octanol–water partition coefficient (Wildman–Crippen LogP) is 4.74. The fourth-order valence-electron chi connectivity index (χ4n) is 4.26. The summed E-state index contributed by atoms with van der Waals surface area (Å²) in [5.74, 6) is -2.02. The van der Waals surface area contributed by atoms with Crippen molar-refractivity contribution in [2.24, 2.45) is 0 Å². The third-order valence-electron chi connectivity index (χ3n) is 5.79. The lowest BCUT2D eigenvalue weighted by Gasteiger charge is -2.29. The first-order valence-electron chi connectivity index (χ1n) is 11.6. The van der Waals surface area contributed by atoms with E-state index in [1.807, 2.05) is 0 Å². The lowest BCUT2D eigenvalue weighted by atomic mass is 10.0. The molecule has 2 aromatic carbocycles. The SMILES string of the molecule is CC(C)(C)OC(=O)CNC(=O)c1c(O)c2cc(Br)cc3c2n(c1=O)C(Cc1ccc(C(F)(F)F)cc1)CO3. The van der Waals surface area contributed by atoms with Gasteiger partial charge in [-0.25, -0.2) is 0 Å². The highest BCUT2D eigenvalue weighted by Crippen LogP contribution is 2.40. The molecule has 38 heavy (non-hydrogen) atoms. The molecular weight excluding hydrogens is 573 g/mol. The van der Waals surface area contributed by atoms with Crippen molar-refractivity contribution >= 4 is 38.7 Å². The average molecular weight is 597 g/mol. The van der Waals surface area contributed by atoms with E-state index < -0.39 is 58.7 Å². The number of aromatic nitrogens is 1.